The Morgan fingerprint density at radius 3 is 2.60 bits per heavy atom. The van der Waals surface area contributed by atoms with Crippen molar-refractivity contribution >= 4 is 16.7 Å². The number of ketones is 1. The average Bonchev–Trinajstić information content (AvgIpc) is 3.94. The van der Waals surface area contributed by atoms with Gasteiger partial charge in [-0.2, -0.15) is 0 Å². The van der Waals surface area contributed by atoms with Crippen LogP contribution in [-0.2, 0) is 17.6 Å². The minimum Gasteiger partial charge on any atom is -0.465 e. The number of carbonyl (C=O) groups excluding carboxylic acids is 1. The summed E-state index contributed by atoms with van der Waals surface area (Å²) < 4.78 is 15.3. The molecule has 4 heterocycles. The summed E-state index contributed by atoms with van der Waals surface area (Å²) in [6.07, 6.45) is 15.3. The van der Waals surface area contributed by atoms with Crippen LogP contribution in [0.2, 0.25) is 0 Å². The summed E-state index contributed by atoms with van der Waals surface area (Å²) in [6, 6.07) is 11.4. The van der Waals surface area contributed by atoms with Crippen LogP contribution in [0.3, 0.4) is 0 Å². The monoisotopic (exact) mass is 774 g/mol. The largest absolute Gasteiger partial charge is 0.465 e. The minimum atomic E-state index is -1.07. The fourth-order valence-electron chi connectivity index (χ4n) is 9.11. The van der Waals surface area contributed by atoms with Crippen LogP contribution >= 0.6 is 0 Å². The van der Waals surface area contributed by atoms with Gasteiger partial charge in [-0.25, -0.2) is 0 Å². The van der Waals surface area contributed by atoms with Gasteiger partial charge >= 0.3 is 0 Å². The second kappa shape index (κ2) is 17.9. The van der Waals surface area contributed by atoms with Crippen LogP contribution < -0.4 is 20.9 Å². The Hall–Kier alpha value is -4.55. The predicted octanol–water partition coefficient (Wildman–Crippen LogP) is 7.24. The molecule has 2 aromatic carbocycles. The van der Waals surface area contributed by atoms with Crippen molar-refractivity contribution in [1.29, 1.82) is 0 Å². The molecule has 0 radical (unpaired) electrons. The molecule has 1 spiro atoms. The van der Waals surface area contributed by atoms with Crippen molar-refractivity contribution in [3.05, 3.63) is 82.8 Å². The lowest BCUT2D eigenvalue weighted by Gasteiger charge is -2.35. The quantitative estimate of drug-likeness (QED) is 0.0443. The van der Waals surface area contributed by atoms with Crippen molar-refractivity contribution in [3.8, 4) is 35.4 Å². The van der Waals surface area contributed by atoms with E-state index >= 15 is 0 Å². The van der Waals surface area contributed by atoms with E-state index in [1.165, 1.54) is 0 Å². The number of hydrogen-bond acceptors (Lipinski definition) is 8. The van der Waals surface area contributed by atoms with Crippen LogP contribution in [0.15, 0.2) is 55.0 Å². The number of rotatable bonds is 14. The van der Waals surface area contributed by atoms with Crippen molar-refractivity contribution < 1.29 is 29.6 Å². The first-order valence-electron chi connectivity index (χ1n) is 21.0. The van der Waals surface area contributed by atoms with Gasteiger partial charge in [-0.3, -0.25) is 4.79 Å². The Labute approximate surface area is 336 Å². The molecule has 3 aliphatic rings. The van der Waals surface area contributed by atoms with Crippen LogP contribution in [-0.4, -0.2) is 42.9 Å². The fraction of sp³-hybridized carbons (Fsp3) is 0.511. The number of aliphatic hydroxyl groups is 3. The molecule has 0 amide bonds. The molecule has 0 saturated heterocycles. The number of hydrogen-bond donors (Lipinski definition) is 6. The highest BCUT2D eigenvalue weighted by Crippen LogP contribution is 2.50. The molecule has 2 bridgehead atoms. The smallest absolute Gasteiger partial charge is 0.191 e. The number of aliphatic hydroxyl groups excluding tert-OH is 3. The van der Waals surface area contributed by atoms with E-state index in [4.69, 9.17) is 20.9 Å². The number of fused-ring (bicyclic) bond motifs is 6. The van der Waals surface area contributed by atoms with Gasteiger partial charge in [0.15, 0.2) is 17.7 Å². The Kier molecular flexibility index (Phi) is 12.8. The maximum Gasteiger partial charge on any atom is 0.191 e. The minimum absolute atomic E-state index is 0.00662. The lowest BCUT2D eigenvalue weighted by atomic mass is 9.73. The van der Waals surface area contributed by atoms with Gasteiger partial charge in [-0.1, -0.05) is 94.4 Å². The number of carbonyl (C=O) groups is 1. The number of nitrogens with one attached hydrogen (secondary N) is 1. The molecule has 2 aromatic heterocycles. The second-order valence-corrected chi connectivity index (χ2v) is 16.5. The van der Waals surface area contributed by atoms with Gasteiger partial charge in [0, 0.05) is 42.7 Å². The van der Waals surface area contributed by atoms with Crippen LogP contribution in [0, 0.1) is 41.1 Å². The number of Topliss-reactive ketones (excluding diaryl/α,β-unsaturated/α-hetero) is 1. The summed E-state index contributed by atoms with van der Waals surface area (Å²) >= 11 is 0. The van der Waals surface area contributed by atoms with E-state index in [0.29, 0.717) is 42.7 Å². The zero-order chi connectivity index (χ0) is 40.1. The van der Waals surface area contributed by atoms with Crippen LogP contribution in [0.1, 0.15) is 137 Å². The lowest BCUT2D eigenvalue weighted by Crippen LogP contribution is -2.35. The molecule has 7 rings (SSSR count). The summed E-state index contributed by atoms with van der Waals surface area (Å²) in [7, 11) is 0. The van der Waals surface area contributed by atoms with E-state index in [0.717, 1.165) is 84.5 Å². The first kappa shape index (κ1) is 40.6. The fourth-order valence-corrected chi connectivity index (χ4v) is 9.11. The number of unbranched alkanes of at least 4 members (excludes halogenated alkanes) is 2. The van der Waals surface area contributed by atoms with Gasteiger partial charge in [-0.15, -0.1) is 0 Å². The summed E-state index contributed by atoms with van der Waals surface area (Å²) in [5.74, 6) is 10.3. The zero-order valence-electron chi connectivity index (χ0n) is 33.3. The number of H-pyrrole nitrogens is 1. The molecular formula is C47H58N4O6. The van der Waals surface area contributed by atoms with E-state index in [9.17, 15) is 20.1 Å². The Bertz CT molecular complexity index is 2160. The summed E-state index contributed by atoms with van der Waals surface area (Å²) in [5, 5.41) is 34.3. The molecular weight excluding hydrogens is 717 g/mol. The third kappa shape index (κ3) is 8.97. The Morgan fingerprint density at radius 2 is 1.82 bits per heavy atom. The predicted molar refractivity (Wildman–Crippen MR) is 221 cm³/mol. The lowest BCUT2D eigenvalue weighted by molar-refractivity contribution is -0.127. The molecule has 1 aliphatic carbocycles. The van der Waals surface area contributed by atoms with E-state index in [1.54, 1.807) is 0 Å². The highest BCUT2D eigenvalue weighted by molar-refractivity contribution is 5.83. The van der Waals surface area contributed by atoms with E-state index in [-0.39, 0.29) is 18.6 Å². The average molecular weight is 775 g/mol. The van der Waals surface area contributed by atoms with Gasteiger partial charge in [0.2, 0.25) is 0 Å². The molecule has 1 fully saturated rings. The molecule has 10 nitrogen and oxygen atoms in total. The SMILES string of the molecule is CCCCC[C@H](C(=O)CCc1ccc2c(c1)O[C@@H]1[C@@H](C#C[C@H](O)c3ccc(C(N)N)cc3Cc3c[nH]c4cn1cc34)C1(C#CO2)CCCC1)[C@H](O)C[C@H](O)CCC. The van der Waals surface area contributed by atoms with Crippen molar-refractivity contribution in [2.45, 2.75) is 134 Å². The first-order valence-corrected chi connectivity index (χ1v) is 21.0. The molecule has 57 heavy (non-hydrogen) atoms. The van der Waals surface area contributed by atoms with Crippen molar-refractivity contribution in [2.75, 3.05) is 0 Å². The van der Waals surface area contributed by atoms with Gasteiger partial charge in [0.25, 0.3) is 0 Å². The van der Waals surface area contributed by atoms with E-state index in [1.807, 2.05) is 49.5 Å². The Morgan fingerprint density at radius 1 is 1.00 bits per heavy atom. The summed E-state index contributed by atoms with van der Waals surface area (Å²) in [4.78, 5) is 17.2. The zero-order valence-corrected chi connectivity index (χ0v) is 33.3. The van der Waals surface area contributed by atoms with Crippen molar-refractivity contribution in [1.82, 2.24) is 9.55 Å². The Balaban J connectivity index is 1.23. The van der Waals surface area contributed by atoms with E-state index < -0.39 is 48.0 Å². The normalized spacial score (nSPS) is 21.1. The first-order chi connectivity index (χ1) is 27.6. The molecule has 2 aliphatic heterocycles. The molecule has 8 N–H and O–H groups in total. The number of ether oxygens (including phenoxy) is 2. The third-order valence-corrected chi connectivity index (χ3v) is 12.4. The van der Waals surface area contributed by atoms with Crippen molar-refractivity contribution in [3.63, 3.8) is 0 Å². The topological polar surface area (TPSA) is 169 Å². The highest BCUT2D eigenvalue weighted by atomic mass is 16.5. The van der Waals surface area contributed by atoms with Crippen LogP contribution in [0.25, 0.3) is 10.9 Å². The van der Waals surface area contributed by atoms with Crippen LogP contribution in [0.4, 0.5) is 0 Å². The number of benzene rings is 2. The standard InChI is InChI=1S/C47H58N4O6/c1-3-5-6-10-36(42(55)26-34(52)9-4-2)41(54)16-11-30-12-18-43-44(23-30)57-46-38(47(21-22-56-43)19-7-8-20-47)15-17-40(53)35-14-13-31(45(48)49)24-32(35)25-33-27-50-39-29-51(46)28-37(33)39/h12-14,18,23-24,27-29,34,36,38,40,42,45-46,50,52-53,55H,3-11,16,19-20,25-26,48-49H2,1-2H3/t34-,36-,38-,40+,42-,46-/m1/s1. The third-order valence-electron chi connectivity index (χ3n) is 12.4. The molecule has 10 heteroatoms. The van der Waals surface area contributed by atoms with Gasteiger partial charge in [-0.05, 0) is 78.5 Å². The molecule has 4 aromatic rings. The number of aromatic amines is 1. The molecule has 0 unspecified atom stereocenters. The molecule has 6 atom stereocenters. The van der Waals surface area contributed by atoms with E-state index in [2.05, 4.69) is 52.7 Å². The van der Waals surface area contributed by atoms with Crippen molar-refractivity contribution in [2.24, 2.45) is 28.7 Å². The maximum atomic E-state index is 13.7. The summed E-state index contributed by atoms with van der Waals surface area (Å²) in [6.45, 7) is 4.12. The summed E-state index contributed by atoms with van der Waals surface area (Å²) in [5.41, 5.74) is 16.9. The maximum absolute atomic E-state index is 13.7. The molecule has 302 valence electrons. The van der Waals surface area contributed by atoms with Crippen LogP contribution in [0.5, 0.6) is 11.5 Å². The highest BCUT2D eigenvalue weighted by Gasteiger charge is 2.46. The number of aryl methyl sites for hydroxylation is 1. The molecule has 1 saturated carbocycles. The number of aromatic nitrogens is 2. The van der Waals surface area contributed by atoms with Gasteiger partial charge in [0.05, 0.1) is 35.2 Å². The second-order valence-electron chi connectivity index (χ2n) is 16.5. The van der Waals surface area contributed by atoms with Gasteiger partial charge in [0.1, 0.15) is 18.0 Å². The van der Waals surface area contributed by atoms with Gasteiger partial charge < -0.3 is 45.8 Å². The number of nitrogens with zero attached hydrogens (tertiary/aromatic N) is 1. The number of nitrogens with two attached hydrogens (primary N) is 2.